The highest BCUT2D eigenvalue weighted by molar-refractivity contribution is 5.77. The first-order valence-corrected chi connectivity index (χ1v) is 11.6. The predicted molar refractivity (Wildman–Crippen MR) is 118 cm³/mol. The number of carbonyl (C=O) groups excluding carboxylic acids is 2. The summed E-state index contributed by atoms with van der Waals surface area (Å²) in [5.41, 5.74) is 2.51. The van der Waals surface area contributed by atoms with Crippen LogP contribution < -0.4 is 5.56 Å². The number of aromatic nitrogens is 3. The highest BCUT2D eigenvalue weighted by atomic mass is 16.2. The first kappa shape index (κ1) is 21.6. The molecule has 4 heterocycles. The number of hydrogen-bond acceptors (Lipinski definition) is 4. The second-order valence-electron chi connectivity index (χ2n) is 8.92. The molecule has 0 radical (unpaired) electrons. The monoisotopic (exact) mass is 427 g/mol. The number of carbonyl (C=O) groups is 2. The molecule has 2 fully saturated rings. The fourth-order valence-electron chi connectivity index (χ4n) is 5.08. The van der Waals surface area contributed by atoms with E-state index in [1.165, 1.54) is 10.9 Å². The molecule has 8 heteroatoms. The Balaban J connectivity index is 1.56. The minimum atomic E-state index is -0.153. The van der Waals surface area contributed by atoms with Crippen molar-refractivity contribution in [3.63, 3.8) is 0 Å². The molecule has 4 rings (SSSR count). The SMILES string of the molecule is CCC(=O)N1CCC[C@H]1c1cc2nc(C)c(CCC(=O)N3CCCC[C@@H]3C)c(=O)n2[nH]1. The Morgan fingerprint density at radius 1 is 1.13 bits per heavy atom. The van der Waals surface area contributed by atoms with E-state index in [1.54, 1.807) is 0 Å². The minimum absolute atomic E-state index is 0.0422. The molecule has 2 amide bonds. The molecule has 168 valence electrons. The van der Waals surface area contributed by atoms with Crippen LogP contribution in [0.2, 0.25) is 0 Å². The molecule has 2 atom stereocenters. The summed E-state index contributed by atoms with van der Waals surface area (Å²) in [6.07, 6.45) is 6.28. The molecule has 0 bridgehead atoms. The minimum Gasteiger partial charge on any atom is -0.340 e. The van der Waals surface area contributed by atoms with E-state index in [0.29, 0.717) is 36.2 Å². The summed E-state index contributed by atoms with van der Waals surface area (Å²) in [4.78, 5) is 46.7. The lowest BCUT2D eigenvalue weighted by molar-refractivity contribution is -0.134. The van der Waals surface area contributed by atoms with Gasteiger partial charge < -0.3 is 9.80 Å². The van der Waals surface area contributed by atoms with E-state index in [2.05, 4.69) is 17.0 Å². The van der Waals surface area contributed by atoms with E-state index >= 15 is 0 Å². The molecule has 0 aromatic carbocycles. The van der Waals surface area contributed by atoms with Gasteiger partial charge in [0, 0.05) is 49.3 Å². The largest absolute Gasteiger partial charge is 0.340 e. The molecule has 2 aliphatic heterocycles. The molecule has 2 saturated heterocycles. The average Bonchev–Trinajstić information content (AvgIpc) is 3.40. The molecule has 0 spiro atoms. The number of rotatable bonds is 5. The molecule has 0 saturated carbocycles. The van der Waals surface area contributed by atoms with Crippen LogP contribution in [0, 0.1) is 6.92 Å². The highest BCUT2D eigenvalue weighted by Gasteiger charge is 2.31. The van der Waals surface area contributed by atoms with Crippen molar-refractivity contribution in [1.29, 1.82) is 0 Å². The van der Waals surface area contributed by atoms with Gasteiger partial charge >= 0.3 is 0 Å². The molecular weight excluding hydrogens is 394 g/mol. The van der Waals surface area contributed by atoms with Crippen LogP contribution in [0.4, 0.5) is 0 Å². The molecule has 31 heavy (non-hydrogen) atoms. The molecule has 1 N–H and O–H groups in total. The van der Waals surface area contributed by atoms with E-state index in [4.69, 9.17) is 0 Å². The lowest BCUT2D eigenvalue weighted by Crippen LogP contribution is -2.42. The Kier molecular flexibility index (Phi) is 6.16. The third-order valence-electron chi connectivity index (χ3n) is 6.88. The summed E-state index contributed by atoms with van der Waals surface area (Å²) in [5.74, 6) is 0.242. The number of fused-ring (bicyclic) bond motifs is 1. The van der Waals surface area contributed by atoms with Crippen molar-refractivity contribution in [2.45, 2.75) is 84.2 Å². The number of aryl methyl sites for hydroxylation is 1. The zero-order valence-corrected chi connectivity index (χ0v) is 18.8. The predicted octanol–water partition coefficient (Wildman–Crippen LogP) is 2.74. The molecular formula is C23H33N5O3. The Hall–Kier alpha value is -2.64. The number of aromatic amines is 1. The first-order valence-electron chi connectivity index (χ1n) is 11.6. The Morgan fingerprint density at radius 3 is 2.65 bits per heavy atom. The van der Waals surface area contributed by atoms with Gasteiger partial charge in [-0.3, -0.25) is 19.5 Å². The fourth-order valence-corrected chi connectivity index (χ4v) is 5.08. The Bertz CT molecular complexity index is 1040. The third-order valence-corrected chi connectivity index (χ3v) is 6.88. The van der Waals surface area contributed by atoms with E-state index in [0.717, 1.165) is 44.5 Å². The molecule has 0 aliphatic carbocycles. The summed E-state index contributed by atoms with van der Waals surface area (Å²) in [6, 6.07) is 2.11. The number of H-pyrrole nitrogens is 1. The van der Waals surface area contributed by atoms with Gasteiger partial charge in [-0.25, -0.2) is 9.50 Å². The zero-order chi connectivity index (χ0) is 22.1. The summed E-state index contributed by atoms with van der Waals surface area (Å²) in [5, 5.41) is 3.19. The topological polar surface area (TPSA) is 90.8 Å². The van der Waals surface area contributed by atoms with Gasteiger partial charge in [0.05, 0.1) is 11.7 Å². The zero-order valence-electron chi connectivity index (χ0n) is 18.8. The number of amides is 2. The maximum atomic E-state index is 13.2. The number of hydrogen-bond donors (Lipinski definition) is 1. The molecule has 0 unspecified atom stereocenters. The number of likely N-dealkylation sites (tertiary alicyclic amines) is 2. The van der Waals surface area contributed by atoms with Gasteiger partial charge in [-0.2, -0.15) is 0 Å². The highest BCUT2D eigenvalue weighted by Crippen LogP contribution is 2.31. The van der Waals surface area contributed by atoms with Crippen LogP contribution in [-0.4, -0.2) is 55.3 Å². The third kappa shape index (κ3) is 4.12. The summed E-state index contributed by atoms with van der Waals surface area (Å²) >= 11 is 0. The maximum absolute atomic E-state index is 13.2. The normalized spacial score (nSPS) is 21.8. The van der Waals surface area contributed by atoms with Crippen molar-refractivity contribution >= 4 is 17.5 Å². The lowest BCUT2D eigenvalue weighted by Gasteiger charge is -2.33. The van der Waals surface area contributed by atoms with Crippen molar-refractivity contribution in [2.24, 2.45) is 0 Å². The van der Waals surface area contributed by atoms with Crippen LogP contribution in [0.1, 0.15) is 81.8 Å². The van der Waals surface area contributed by atoms with Crippen LogP contribution in [-0.2, 0) is 16.0 Å². The van der Waals surface area contributed by atoms with Crippen LogP contribution in [0.15, 0.2) is 10.9 Å². The maximum Gasteiger partial charge on any atom is 0.276 e. The van der Waals surface area contributed by atoms with Gasteiger partial charge in [-0.1, -0.05) is 6.92 Å². The fraction of sp³-hybridized carbons (Fsp3) is 0.652. The summed E-state index contributed by atoms with van der Waals surface area (Å²) in [7, 11) is 0. The van der Waals surface area contributed by atoms with Crippen molar-refractivity contribution < 1.29 is 9.59 Å². The van der Waals surface area contributed by atoms with Crippen LogP contribution >= 0.6 is 0 Å². The Morgan fingerprint density at radius 2 is 1.90 bits per heavy atom. The standard InChI is InChI=1S/C23H33N5O3/c1-4-21(29)27-13-7-9-19(27)18-14-20-24-16(3)17(23(31)28(20)25-18)10-11-22(30)26-12-6-5-8-15(26)2/h14-15,19,25H,4-13H2,1-3H3/t15-,19-/m0/s1. The second-order valence-corrected chi connectivity index (χ2v) is 8.92. The van der Waals surface area contributed by atoms with Crippen LogP contribution in [0.5, 0.6) is 0 Å². The quantitative estimate of drug-likeness (QED) is 0.794. The van der Waals surface area contributed by atoms with E-state index in [-0.39, 0.29) is 29.5 Å². The second kappa shape index (κ2) is 8.85. The number of piperidine rings is 1. The lowest BCUT2D eigenvalue weighted by atomic mass is 10.0. The van der Waals surface area contributed by atoms with Crippen LogP contribution in [0.3, 0.4) is 0 Å². The van der Waals surface area contributed by atoms with Crippen molar-refractivity contribution in [3.05, 3.63) is 33.4 Å². The first-order chi connectivity index (χ1) is 14.9. The number of nitrogens with one attached hydrogen (secondary N) is 1. The molecule has 2 aromatic heterocycles. The molecule has 8 nitrogen and oxygen atoms in total. The van der Waals surface area contributed by atoms with Gasteiger partial charge in [0.25, 0.3) is 5.56 Å². The molecule has 2 aliphatic rings. The molecule has 2 aromatic rings. The van der Waals surface area contributed by atoms with Crippen molar-refractivity contribution in [3.8, 4) is 0 Å². The average molecular weight is 428 g/mol. The van der Waals surface area contributed by atoms with E-state index in [1.807, 2.05) is 29.7 Å². The van der Waals surface area contributed by atoms with Gasteiger partial charge in [0.1, 0.15) is 0 Å². The van der Waals surface area contributed by atoms with E-state index in [9.17, 15) is 14.4 Å². The number of nitrogens with zero attached hydrogens (tertiary/aromatic N) is 4. The van der Waals surface area contributed by atoms with Gasteiger partial charge in [-0.05, 0) is 52.4 Å². The van der Waals surface area contributed by atoms with Crippen molar-refractivity contribution in [1.82, 2.24) is 24.4 Å². The van der Waals surface area contributed by atoms with Crippen LogP contribution in [0.25, 0.3) is 5.65 Å². The van der Waals surface area contributed by atoms with Gasteiger partial charge in [0.15, 0.2) is 5.65 Å². The van der Waals surface area contributed by atoms with Crippen molar-refractivity contribution in [2.75, 3.05) is 13.1 Å². The van der Waals surface area contributed by atoms with E-state index < -0.39 is 0 Å². The van der Waals surface area contributed by atoms with Gasteiger partial charge in [0.2, 0.25) is 11.8 Å². The van der Waals surface area contributed by atoms with Gasteiger partial charge in [-0.15, -0.1) is 0 Å². The Labute approximate surface area is 182 Å². The smallest absolute Gasteiger partial charge is 0.276 e. The summed E-state index contributed by atoms with van der Waals surface area (Å²) < 4.78 is 1.47. The summed E-state index contributed by atoms with van der Waals surface area (Å²) in [6.45, 7) is 7.36.